The Morgan fingerprint density at radius 2 is 1.80 bits per heavy atom. The fourth-order valence-corrected chi connectivity index (χ4v) is 1.73. The summed E-state index contributed by atoms with van der Waals surface area (Å²) in [5, 5.41) is 0.524. The van der Waals surface area contributed by atoms with Gasteiger partial charge in [-0.3, -0.25) is 0 Å². The van der Waals surface area contributed by atoms with E-state index in [1.165, 1.54) is 12.2 Å². The van der Waals surface area contributed by atoms with Crippen molar-refractivity contribution in [2.75, 3.05) is 14.1 Å². The van der Waals surface area contributed by atoms with Gasteiger partial charge in [0, 0.05) is 22.7 Å². The van der Waals surface area contributed by atoms with Crippen LogP contribution in [0, 0.1) is 0 Å². The number of hydrogen-bond donors (Lipinski definition) is 0. The molecule has 0 N–H and O–H groups in total. The van der Waals surface area contributed by atoms with E-state index >= 15 is 0 Å². The lowest BCUT2D eigenvalue weighted by molar-refractivity contribution is -0.458. The number of allylic oxidation sites excluding steroid dienone is 2. The Balaban J connectivity index is 2.37. The van der Waals surface area contributed by atoms with Crippen LogP contribution in [0.15, 0.2) is 42.2 Å². The van der Waals surface area contributed by atoms with Crippen LogP contribution >= 0.6 is 11.6 Å². The molecule has 0 radical (unpaired) electrons. The lowest BCUT2D eigenvalue weighted by atomic mass is 10.1. The highest BCUT2D eigenvalue weighted by molar-refractivity contribution is 6.53. The minimum absolute atomic E-state index is 0.0416. The molecular weight excluding hydrogens is 286 g/mol. The third kappa shape index (κ3) is 3.84. The lowest BCUT2D eigenvalue weighted by Gasteiger charge is -2.34. The van der Waals surface area contributed by atoms with E-state index in [4.69, 9.17) is 11.6 Å². The summed E-state index contributed by atoms with van der Waals surface area (Å²) in [6, 6.07) is 6.44. The second kappa shape index (κ2) is 5.67. The molecule has 106 valence electrons. The molecule has 0 unspecified atom stereocenters. The molecule has 2 rings (SSSR count). The number of rotatable bonds is 2. The van der Waals surface area contributed by atoms with E-state index < -0.39 is 7.11 Å². The van der Waals surface area contributed by atoms with Crippen molar-refractivity contribution in [2.24, 2.45) is 0 Å². The first kappa shape index (κ1) is 14.6. The van der Waals surface area contributed by atoms with Crippen LogP contribution in [-0.2, 0) is 9.31 Å². The average molecular weight is 300 g/mol. The molecule has 0 aromatic heterocycles. The molecule has 0 saturated heterocycles. The van der Waals surface area contributed by atoms with Crippen LogP contribution in [0.25, 0.3) is 5.76 Å². The summed E-state index contributed by atoms with van der Waals surface area (Å²) in [5.41, 5.74) is 0.509. The predicted octanol–water partition coefficient (Wildman–Crippen LogP) is 3.33. The number of benzene rings is 1. The van der Waals surface area contributed by atoms with E-state index in [0.717, 1.165) is 0 Å². The molecule has 1 aromatic rings. The van der Waals surface area contributed by atoms with Crippen molar-refractivity contribution in [3.63, 3.8) is 0 Å². The zero-order valence-corrected chi connectivity index (χ0v) is 11.8. The van der Waals surface area contributed by atoms with Crippen LogP contribution in [-0.4, -0.2) is 32.0 Å². The summed E-state index contributed by atoms with van der Waals surface area (Å²) in [5.74, 6) is 0.0937. The van der Waals surface area contributed by atoms with E-state index in [2.05, 4.69) is 9.31 Å². The van der Waals surface area contributed by atoms with Crippen molar-refractivity contribution in [1.82, 2.24) is 0 Å². The van der Waals surface area contributed by atoms with Gasteiger partial charge in [0.05, 0.1) is 11.5 Å². The Labute approximate surface area is 120 Å². The van der Waals surface area contributed by atoms with Crippen molar-refractivity contribution < 1.29 is 22.5 Å². The van der Waals surface area contributed by atoms with Crippen molar-refractivity contribution in [2.45, 2.75) is 0 Å². The smallest absolute Gasteiger partial charge is 0.627 e. The van der Waals surface area contributed by atoms with Crippen LogP contribution < -0.4 is 0 Å². The normalized spacial score (nSPS) is 18.9. The third-order valence-electron chi connectivity index (χ3n) is 2.48. The average Bonchev–Trinajstić information content (AvgIpc) is 2.35. The summed E-state index contributed by atoms with van der Waals surface area (Å²) in [6.07, 6.45) is 4.49. The zero-order valence-electron chi connectivity index (χ0n) is 11.0. The van der Waals surface area contributed by atoms with Gasteiger partial charge in [0.2, 0.25) is 0 Å². The zero-order chi connectivity index (χ0) is 14.8. The molecule has 3 nitrogen and oxygen atoms in total. The van der Waals surface area contributed by atoms with Gasteiger partial charge in [-0.05, 0) is 24.3 Å². The number of halogens is 3. The molecule has 20 heavy (non-hydrogen) atoms. The quantitative estimate of drug-likeness (QED) is 0.474. The van der Waals surface area contributed by atoms with Crippen LogP contribution in [0.4, 0.5) is 8.63 Å². The molecule has 0 bridgehead atoms. The van der Waals surface area contributed by atoms with Gasteiger partial charge in [-0.15, -0.1) is 0 Å². The first-order valence-electron chi connectivity index (χ1n) is 5.93. The largest absolute Gasteiger partial charge is 0.725 e. The Hall–Kier alpha value is -1.82. The van der Waals surface area contributed by atoms with Gasteiger partial charge in [0.15, 0.2) is 6.21 Å². The highest BCUT2D eigenvalue weighted by Crippen LogP contribution is 2.32. The molecule has 0 saturated carbocycles. The van der Waals surface area contributed by atoms with E-state index in [9.17, 15) is 8.63 Å². The van der Waals surface area contributed by atoms with Crippen LogP contribution in [0.2, 0.25) is 5.02 Å². The maximum absolute atomic E-state index is 13.5. The third-order valence-corrected chi connectivity index (χ3v) is 2.73. The second-order valence-corrected chi connectivity index (χ2v) is 4.90. The Bertz CT molecular complexity index is 593. The van der Waals surface area contributed by atoms with Crippen molar-refractivity contribution >= 4 is 30.7 Å². The van der Waals surface area contributed by atoms with Crippen LogP contribution in [0.1, 0.15) is 5.56 Å². The van der Waals surface area contributed by atoms with Crippen LogP contribution in [0.3, 0.4) is 0 Å². The van der Waals surface area contributed by atoms with Gasteiger partial charge in [-0.1, -0.05) is 11.6 Å². The molecule has 0 spiro atoms. The predicted molar refractivity (Wildman–Crippen MR) is 75.8 cm³/mol. The highest BCUT2D eigenvalue weighted by Gasteiger charge is 2.37. The summed E-state index contributed by atoms with van der Waals surface area (Å²) in [7, 11) is -0.809. The number of nitrogens with zero attached hydrogens (tertiary/aromatic N) is 1. The highest BCUT2D eigenvalue weighted by atomic mass is 35.5. The fraction of sp³-hybridized carbons (Fsp3) is 0.154. The fourth-order valence-electron chi connectivity index (χ4n) is 1.60. The second-order valence-electron chi connectivity index (χ2n) is 4.47. The Morgan fingerprint density at radius 3 is 2.40 bits per heavy atom. The Kier molecular flexibility index (Phi) is 4.13. The maximum atomic E-state index is 13.5. The monoisotopic (exact) mass is 299 g/mol. The minimum atomic E-state index is -4.37. The number of hydrogen-bond acceptors (Lipinski definition) is 2. The summed E-state index contributed by atoms with van der Waals surface area (Å²) in [6.45, 7) is 0. The molecule has 0 atom stereocenters. The summed E-state index contributed by atoms with van der Waals surface area (Å²) >= 11 is 5.77. The van der Waals surface area contributed by atoms with E-state index in [1.807, 2.05) is 0 Å². The first-order valence-corrected chi connectivity index (χ1v) is 6.31. The lowest BCUT2D eigenvalue weighted by Crippen LogP contribution is -2.34. The van der Waals surface area contributed by atoms with Crippen molar-refractivity contribution in [1.29, 1.82) is 0 Å². The van der Waals surface area contributed by atoms with E-state index in [0.29, 0.717) is 10.6 Å². The van der Waals surface area contributed by atoms with Gasteiger partial charge >= 0.3 is 7.11 Å². The van der Waals surface area contributed by atoms with Gasteiger partial charge < -0.3 is 17.9 Å². The molecule has 1 heterocycles. The van der Waals surface area contributed by atoms with E-state index in [-0.39, 0.29) is 11.5 Å². The summed E-state index contributed by atoms with van der Waals surface area (Å²) in [4.78, 5) is 0. The van der Waals surface area contributed by atoms with Gasteiger partial charge in [-0.2, -0.15) is 0 Å². The molecular formula is C13H13BClF2NO2. The summed E-state index contributed by atoms with van der Waals surface area (Å²) < 4.78 is 37.8. The van der Waals surface area contributed by atoms with Gasteiger partial charge in [0.1, 0.15) is 14.1 Å². The van der Waals surface area contributed by atoms with E-state index in [1.54, 1.807) is 49.2 Å². The SMILES string of the molecule is C[N+](C)=C/C=C1/C=C(c2ccc(Cl)cc2)O[B-](F)(F)O1. The van der Waals surface area contributed by atoms with Crippen molar-refractivity contribution in [3.8, 4) is 0 Å². The molecule has 0 amide bonds. The van der Waals surface area contributed by atoms with Gasteiger partial charge in [-0.25, -0.2) is 4.58 Å². The minimum Gasteiger partial charge on any atom is -0.627 e. The first-order chi connectivity index (χ1) is 9.35. The molecule has 1 aliphatic rings. The standard InChI is InChI=1S/C13H13BClF2NO2/c1-18(2)8-7-12-9-13(20-14(16,17)19-12)10-3-5-11(15)6-4-10/h3-9H,1-2H3/b12-7-. The van der Waals surface area contributed by atoms with Crippen molar-refractivity contribution in [3.05, 3.63) is 52.8 Å². The van der Waals surface area contributed by atoms with Gasteiger partial charge in [0.25, 0.3) is 0 Å². The molecule has 1 aromatic carbocycles. The topological polar surface area (TPSA) is 21.5 Å². The molecule has 7 heteroatoms. The maximum Gasteiger partial charge on any atom is 0.725 e. The molecule has 0 fully saturated rings. The molecule has 1 aliphatic heterocycles. The molecule has 0 aliphatic carbocycles. The van der Waals surface area contributed by atoms with Crippen LogP contribution in [0.5, 0.6) is 0 Å². The Morgan fingerprint density at radius 1 is 1.15 bits per heavy atom.